The summed E-state index contributed by atoms with van der Waals surface area (Å²) in [5, 5.41) is 7.31. The maximum Gasteiger partial charge on any atom is 0.436 e. The summed E-state index contributed by atoms with van der Waals surface area (Å²) < 4.78 is 85.5. The molecule has 6 heterocycles. The fourth-order valence-electron chi connectivity index (χ4n) is 6.72. The number of pyridine rings is 2. The van der Waals surface area contributed by atoms with Crippen LogP contribution >= 0.6 is 46.4 Å². The highest BCUT2D eigenvalue weighted by Gasteiger charge is 2.43. The van der Waals surface area contributed by atoms with Crippen molar-refractivity contribution in [3.63, 3.8) is 0 Å². The molecule has 292 valence electrons. The number of piperazine rings is 2. The van der Waals surface area contributed by atoms with Gasteiger partial charge in [-0.25, -0.2) is 9.97 Å². The Bertz CT molecular complexity index is 1800. The van der Waals surface area contributed by atoms with Gasteiger partial charge in [-0.1, -0.05) is 46.4 Å². The highest BCUT2D eigenvalue weighted by Crippen LogP contribution is 2.37. The van der Waals surface area contributed by atoms with E-state index in [1.807, 2.05) is 19.6 Å². The number of ketones is 1. The number of anilines is 2. The van der Waals surface area contributed by atoms with Crippen molar-refractivity contribution in [2.45, 2.75) is 51.4 Å². The van der Waals surface area contributed by atoms with Crippen molar-refractivity contribution in [2.24, 2.45) is 0 Å². The van der Waals surface area contributed by atoms with E-state index >= 15 is 4.79 Å². The van der Waals surface area contributed by atoms with E-state index in [0.29, 0.717) is 74.0 Å². The molecule has 0 amide bonds. The van der Waals surface area contributed by atoms with Crippen LogP contribution in [0.5, 0.6) is 0 Å². The van der Waals surface area contributed by atoms with Gasteiger partial charge in [-0.15, -0.1) is 0 Å². The Morgan fingerprint density at radius 1 is 0.630 bits per heavy atom. The minimum Gasteiger partial charge on any atom is -0.354 e. The van der Waals surface area contributed by atoms with Gasteiger partial charge in [0.25, 0.3) is 0 Å². The van der Waals surface area contributed by atoms with Crippen molar-refractivity contribution in [3.8, 4) is 0 Å². The van der Waals surface area contributed by atoms with Crippen molar-refractivity contribution < 1.29 is 31.1 Å². The van der Waals surface area contributed by atoms with Gasteiger partial charge in [0.1, 0.15) is 11.6 Å². The summed E-state index contributed by atoms with van der Waals surface area (Å²) in [6, 6.07) is 4.77. The number of nitrogens with zero attached hydrogens (tertiary/aromatic N) is 10. The normalized spacial score (nSPS) is 17.6. The number of aromatic nitrogens is 6. The van der Waals surface area contributed by atoms with Gasteiger partial charge >= 0.3 is 12.4 Å². The molecule has 4 aromatic heterocycles. The largest absolute Gasteiger partial charge is 0.436 e. The van der Waals surface area contributed by atoms with E-state index in [1.54, 1.807) is 24.3 Å². The van der Waals surface area contributed by atoms with Gasteiger partial charge in [-0.3, -0.25) is 24.0 Å². The first-order chi connectivity index (χ1) is 25.4. The maximum absolute atomic E-state index is 15.1. The van der Waals surface area contributed by atoms with Crippen molar-refractivity contribution in [2.75, 3.05) is 62.2 Å². The first kappa shape index (κ1) is 40.3. The summed E-state index contributed by atoms with van der Waals surface area (Å²) in [6.07, 6.45) is -6.67. The molecule has 0 radical (unpaired) electrons. The zero-order valence-corrected chi connectivity index (χ0v) is 31.9. The Labute approximate surface area is 326 Å². The summed E-state index contributed by atoms with van der Waals surface area (Å²) >= 11 is 24.3. The molecule has 0 aliphatic carbocycles. The third-order valence-electron chi connectivity index (χ3n) is 9.73. The van der Waals surface area contributed by atoms with Gasteiger partial charge in [0.05, 0.1) is 56.7 Å². The van der Waals surface area contributed by atoms with Crippen LogP contribution in [0.1, 0.15) is 22.8 Å². The molecular formula is C33H34Cl4F6N10O. The minimum absolute atomic E-state index is 0.0101. The molecule has 0 N–H and O–H groups in total. The number of hydrogen-bond donors (Lipinski definition) is 0. The fraction of sp³-hybridized carbons (Fsp3) is 0.485. The summed E-state index contributed by atoms with van der Waals surface area (Å²) in [5.74, 6) is 0.873. The van der Waals surface area contributed by atoms with Crippen molar-refractivity contribution in [1.82, 2.24) is 39.3 Å². The van der Waals surface area contributed by atoms with Crippen LogP contribution in [0.4, 0.5) is 38.0 Å². The summed E-state index contributed by atoms with van der Waals surface area (Å²) in [6.45, 7) is 4.98. The van der Waals surface area contributed by atoms with E-state index < -0.39 is 51.7 Å². The zero-order chi connectivity index (χ0) is 39.1. The molecule has 6 rings (SSSR count). The molecule has 54 heavy (non-hydrogen) atoms. The van der Waals surface area contributed by atoms with E-state index in [0.717, 1.165) is 9.36 Å². The second-order valence-corrected chi connectivity index (χ2v) is 14.6. The van der Waals surface area contributed by atoms with Crippen molar-refractivity contribution in [1.29, 1.82) is 0 Å². The molecule has 0 spiro atoms. The van der Waals surface area contributed by atoms with Gasteiger partial charge in [0.2, 0.25) is 0 Å². The zero-order valence-electron chi connectivity index (χ0n) is 28.8. The standard InChI is InChI=1S/C33H34Cl4F6N10O/c1-19-27(36)30(32(38,39)40)46-52(19)17-23(48-7-11-50(12-8-48)25-5-3-21(34)15-44-25)29(54)24(18-53-20(2)28(37)31(47-53)33(41,42)43)49-9-13-51(14-10-49)26-6-4-22(35)16-45-26/h3-6,15-16,23-24H,7-14,17-18H2,1-2H3. The molecule has 0 saturated carbocycles. The van der Waals surface area contributed by atoms with E-state index in [-0.39, 0.29) is 24.5 Å². The lowest BCUT2D eigenvalue weighted by Gasteiger charge is -2.43. The van der Waals surface area contributed by atoms with Crippen LogP contribution in [0.3, 0.4) is 0 Å². The third kappa shape index (κ3) is 8.70. The molecule has 11 nitrogen and oxygen atoms in total. The predicted molar refractivity (Wildman–Crippen MR) is 193 cm³/mol. The lowest BCUT2D eigenvalue weighted by atomic mass is 9.99. The van der Waals surface area contributed by atoms with Gasteiger partial charge in [0.15, 0.2) is 17.2 Å². The lowest BCUT2D eigenvalue weighted by molar-refractivity contribution is -0.142. The summed E-state index contributed by atoms with van der Waals surface area (Å²) in [4.78, 5) is 31.5. The first-order valence-corrected chi connectivity index (χ1v) is 18.3. The number of hydrogen-bond acceptors (Lipinski definition) is 9. The number of carbonyl (C=O) groups is 1. The van der Waals surface area contributed by atoms with Crippen LogP contribution in [-0.2, 0) is 30.2 Å². The van der Waals surface area contributed by atoms with Crippen LogP contribution in [0.15, 0.2) is 36.7 Å². The fourth-order valence-corrected chi connectivity index (χ4v) is 7.43. The van der Waals surface area contributed by atoms with Gasteiger partial charge in [0, 0.05) is 64.8 Å². The Morgan fingerprint density at radius 2 is 0.981 bits per heavy atom. The second kappa shape index (κ2) is 16.0. The van der Waals surface area contributed by atoms with Gasteiger partial charge in [-0.05, 0) is 38.1 Å². The van der Waals surface area contributed by atoms with Crippen LogP contribution in [-0.4, -0.2) is 110 Å². The number of rotatable bonds is 10. The van der Waals surface area contributed by atoms with E-state index in [2.05, 4.69) is 20.2 Å². The second-order valence-electron chi connectivity index (χ2n) is 13.0. The van der Waals surface area contributed by atoms with Gasteiger partial charge in [-0.2, -0.15) is 36.5 Å². The van der Waals surface area contributed by atoms with Crippen LogP contribution in [0, 0.1) is 13.8 Å². The average molecular weight is 843 g/mol. The molecule has 2 aliphatic rings. The Balaban J connectivity index is 1.35. The topological polar surface area (TPSA) is 91.5 Å². The Kier molecular flexibility index (Phi) is 12.0. The molecule has 4 aromatic rings. The molecule has 2 saturated heterocycles. The molecular weight excluding hydrogens is 808 g/mol. The Morgan fingerprint density at radius 3 is 1.26 bits per heavy atom. The molecule has 2 fully saturated rings. The Hall–Kier alpha value is -3.35. The number of alkyl halides is 6. The summed E-state index contributed by atoms with van der Waals surface area (Å²) in [7, 11) is 0. The minimum atomic E-state index is -4.85. The van der Waals surface area contributed by atoms with Crippen LogP contribution in [0.2, 0.25) is 20.1 Å². The molecule has 0 aromatic carbocycles. The van der Waals surface area contributed by atoms with Crippen molar-refractivity contribution >= 4 is 63.8 Å². The third-order valence-corrected chi connectivity index (χ3v) is 11.1. The molecule has 2 unspecified atom stereocenters. The highest BCUT2D eigenvalue weighted by molar-refractivity contribution is 6.32. The predicted octanol–water partition coefficient (Wildman–Crippen LogP) is 6.79. The number of Topliss-reactive ketones (excluding diaryl/α,β-unsaturated/α-hetero) is 1. The SMILES string of the molecule is Cc1c(Cl)c(C(F)(F)F)nn1CC(C(=O)C(Cn1nc(C(F)(F)F)c(Cl)c1C)N1CCN(c2ccc(Cl)cn2)CC1)N1CCN(c2ccc(Cl)cn2)CC1. The molecule has 2 atom stereocenters. The molecule has 2 aliphatic heterocycles. The van der Waals surface area contributed by atoms with E-state index in [9.17, 15) is 26.3 Å². The molecule has 21 heteroatoms. The highest BCUT2D eigenvalue weighted by atomic mass is 35.5. The maximum atomic E-state index is 15.1. The van der Waals surface area contributed by atoms with Crippen LogP contribution < -0.4 is 9.80 Å². The van der Waals surface area contributed by atoms with Crippen molar-refractivity contribution in [3.05, 3.63) is 79.5 Å². The van der Waals surface area contributed by atoms with E-state index in [4.69, 9.17) is 46.4 Å². The lowest BCUT2D eigenvalue weighted by Crippen LogP contribution is -2.61. The quantitative estimate of drug-likeness (QED) is 0.160. The first-order valence-electron chi connectivity index (χ1n) is 16.8. The van der Waals surface area contributed by atoms with E-state index in [1.165, 1.54) is 26.2 Å². The average Bonchev–Trinajstić information content (AvgIpc) is 3.59. The van der Waals surface area contributed by atoms with Crippen LogP contribution in [0.25, 0.3) is 0 Å². The smallest absolute Gasteiger partial charge is 0.354 e. The molecule has 0 bridgehead atoms. The monoisotopic (exact) mass is 840 g/mol. The van der Waals surface area contributed by atoms with Gasteiger partial charge < -0.3 is 9.80 Å². The number of carbonyl (C=O) groups excluding carboxylic acids is 1. The number of halogens is 10. The summed E-state index contributed by atoms with van der Waals surface area (Å²) in [5.41, 5.74) is -2.54.